The van der Waals surface area contributed by atoms with E-state index in [-0.39, 0.29) is 6.61 Å². The molecule has 0 N–H and O–H groups in total. The summed E-state index contributed by atoms with van der Waals surface area (Å²) in [6.07, 6.45) is 4.97. The summed E-state index contributed by atoms with van der Waals surface area (Å²) in [7, 11) is 3.27. The van der Waals surface area contributed by atoms with E-state index in [2.05, 4.69) is 61.1 Å². The van der Waals surface area contributed by atoms with Crippen LogP contribution >= 0.6 is 0 Å². The van der Waals surface area contributed by atoms with Crippen LogP contribution in [0.1, 0.15) is 42.0 Å². The number of fused-ring (bicyclic) bond motifs is 1. The molecule has 0 radical (unpaired) electrons. The fourth-order valence-electron chi connectivity index (χ4n) is 4.14. The van der Waals surface area contributed by atoms with Crippen LogP contribution in [0.5, 0.6) is 11.5 Å². The molecule has 1 heterocycles. The average molecular weight is 455 g/mol. The molecule has 4 rings (SSSR count). The van der Waals surface area contributed by atoms with Crippen LogP contribution in [0.25, 0.3) is 0 Å². The van der Waals surface area contributed by atoms with Crippen molar-refractivity contribution in [1.82, 2.24) is 0 Å². The third kappa shape index (κ3) is 4.78. The number of anilines is 1. The standard InChI is InChI=1S/C29H30N2O3/c1-6-17-34-29-30-28(23-14-12-22(13-15-23)20(2)3)24-9-7-8-10-25(24)31(29)19-21-11-16-26(32-4)27(18-21)33-5/h1,7-16,18,20,29H,17,19H2,2-5H3. The van der Waals surface area contributed by atoms with Gasteiger partial charge in [0.15, 0.2) is 11.5 Å². The van der Waals surface area contributed by atoms with Gasteiger partial charge in [0.1, 0.15) is 6.61 Å². The van der Waals surface area contributed by atoms with Crippen molar-refractivity contribution in [3.05, 3.63) is 89.0 Å². The first-order valence-corrected chi connectivity index (χ1v) is 11.4. The molecule has 0 fully saturated rings. The molecular weight excluding hydrogens is 424 g/mol. The van der Waals surface area contributed by atoms with Crippen LogP contribution in [0.2, 0.25) is 0 Å². The fourth-order valence-corrected chi connectivity index (χ4v) is 4.14. The third-order valence-electron chi connectivity index (χ3n) is 5.94. The summed E-state index contributed by atoms with van der Waals surface area (Å²) in [5.41, 5.74) is 6.39. The van der Waals surface area contributed by atoms with Gasteiger partial charge in [0.2, 0.25) is 6.35 Å². The van der Waals surface area contributed by atoms with E-state index in [4.69, 9.17) is 25.6 Å². The predicted molar refractivity (Wildman–Crippen MR) is 137 cm³/mol. The summed E-state index contributed by atoms with van der Waals surface area (Å²) >= 11 is 0. The molecule has 1 aliphatic heterocycles. The Labute approximate surface area is 202 Å². The Bertz CT molecular complexity index is 1210. The predicted octanol–water partition coefficient (Wildman–Crippen LogP) is 5.62. The maximum atomic E-state index is 6.04. The summed E-state index contributed by atoms with van der Waals surface area (Å²) in [6.45, 7) is 5.12. The molecule has 0 amide bonds. The van der Waals surface area contributed by atoms with Crippen molar-refractivity contribution in [1.29, 1.82) is 0 Å². The zero-order valence-corrected chi connectivity index (χ0v) is 20.1. The molecular formula is C29H30N2O3. The van der Waals surface area contributed by atoms with Crippen LogP contribution in [0.15, 0.2) is 71.7 Å². The molecule has 0 aliphatic carbocycles. The van der Waals surface area contributed by atoms with E-state index in [0.29, 0.717) is 24.0 Å². The van der Waals surface area contributed by atoms with Gasteiger partial charge in [0, 0.05) is 17.7 Å². The van der Waals surface area contributed by atoms with Gasteiger partial charge in [-0.05, 0) is 35.2 Å². The van der Waals surface area contributed by atoms with E-state index in [0.717, 1.165) is 28.1 Å². The summed E-state index contributed by atoms with van der Waals surface area (Å²) in [6, 6.07) is 22.8. The normalized spacial score (nSPS) is 14.9. The Kier molecular flexibility index (Phi) is 7.20. The lowest BCUT2D eigenvalue weighted by Crippen LogP contribution is -2.40. The summed E-state index contributed by atoms with van der Waals surface area (Å²) in [5, 5.41) is 0. The number of ether oxygens (including phenoxy) is 3. The first-order chi connectivity index (χ1) is 16.5. The topological polar surface area (TPSA) is 43.3 Å². The molecule has 5 heteroatoms. The smallest absolute Gasteiger partial charge is 0.229 e. The van der Waals surface area contributed by atoms with E-state index in [1.807, 2.05) is 30.3 Å². The molecule has 0 spiro atoms. The highest BCUT2D eigenvalue weighted by Crippen LogP contribution is 2.34. The van der Waals surface area contributed by atoms with Gasteiger partial charge in [-0.3, -0.25) is 0 Å². The Balaban J connectivity index is 1.75. The number of nitrogens with zero attached hydrogens (tertiary/aromatic N) is 2. The van der Waals surface area contributed by atoms with E-state index >= 15 is 0 Å². The largest absolute Gasteiger partial charge is 0.493 e. The highest BCUT2D eigenvalue weighted by Gasteiger charge is 2.29. The van der Waals surface area contributed by atoms with Crippen molar-refractivity contribution < 1.29 is 14.2 Å². The minimum absolute atomic E-state index is 0.165. The molecule has 0 bridgehead atoms. The van der Waals surface area contributed by atoms with Gasteiger partial charge in [0.25, 0.3) is 0 Å². The second kappa shape index (κ2) is 10.5. The van der Waals surface area contributed by atoms with E-state index in [1.165, 1.54) is 5.56 Å². The summed E-state index contributed by atoms with van der Waals surface area (Å²) in [5.74, 6) is 4.42. The van der Waals surface area contributed by atoms with Gasteiger partial charge in [0.05, 0.1) is 25.6 Å². The Hall–Kier alpha value is -3.75. The maximum Gasteiger partial charge on any atom is 0.229 e. The lowest BCUT2D eigenvalue weighted by Gasteiger charge is -2.36. The average Bonchev–Trinajstić information content (AvgIpc) is 2.88. The monoisotopic (exact) mass is 454 g/mol. The molecule has 1 aliphatic rings. The van der Waals surface area contributed by atoms with Crippen molar-refractivity contribution in [2.45, 2.75) is 32.7 Å². The maximum absolute atomic E-state index is 6.04. The molecule has 1 unspecified atom stereocenters. The van der Waals surface area contributed by atoms with Crippen LogP contribution in [0, 0.1) is 12.3 Å². The van der Waals surface area contributed by atoms with Crippen LogP contribution < -0.4 is 14.4 Å². The number of benzene rings is 3. The highest BCUT2D eigenvalue weighted by atomic mass is 16.5. The van der Waals surface area contributed by atoms with Gasteiger partial charge in [-0.1, -0.05) is 68.3 Å². The van der Waals surface area contributed by atoms with Crippen LogP contribution in [0.3, 0.4) is 0 Å². The summed E-state index contributed by atoms with van der Waals surface area (Å²) in [4.78, 5) is 7.15. The first kappa shape index (κ1) is 23.4. The molecule has 3 aromatic rings. The minimum atomic E-state index is -0.557. The molecule has 0 saturated carbocycles. The fraction of sp³-hybridized carbons (Fsp3) is 0.276. The molecule has 0 saturated heterocycles. The van der Waals surface area contributed by atoms with Crippen molar-refractivity contribution in [3.63, 3.8) is 0 Å². The van der Waals surface area contributed by atoms with Gasteiger partial charge in [-0.25, -0.2) is 4.99 Å². The van der Waals surface area contributed by atoms with Crippen LogP contribution in [-0.2, 0) is 11.3 Å². The second-order valence-corrected chi connectivity index (χ2v) is 8.43. The molecule has 0 aromatic heterocycles. The van der Waals surface area contributed by atoms with E-state index in [1.54, 1.807) is 14.2 Å². The number of hydrogen-bond donors (Lipinski definition) is 0. The molecule has 5 nitrogen and oxygen atoms in total. The van der Waals surface area contributed by atoms with Crippen molar-refractivity contribution in [2.75, 3.05) is 25.7 Å². The Morgan fingerprint density at radius 1 is 0.971 bits per heavy atom. The zero-order valence-electron chi connectivity index (χ0n) is 20.1. The lowest BCUT2D eigenvalue weighted by molar-refractivity contribution is 0.0795. The minimum Gasteiger partial charge on any atom is -0.493 e. The zero-order chi connectivity index (χ0) is 24.1. The van der Waals surface area contributed by atoms with Gasteiger partial charge >= 0.3 is 0 Å². The molecule has 174 valence electrons. The number of methoxy groups -OCH3 is 2. The second-order valence-electron chi connectivity index (χ2n) is 8.43. The number of aliphatic imine (C=N–C) groups is 1. The van der Waals surface area contributed by atoms with Crippen LogP contribution in [0.4, 0.5) is 5.69 Å². The van der Waals surface area contributed by atoms with Crippen molar-refractivity contribution in [2.24, 2.45) is 4.99 Å². The van der Waals surface area contributed by atoms with Crippen LogP contribution in [-0.4, -0.2) is 32.9 Å². The Morgan fingerprint density at radius 2 is 1.71 bits per heavy atom. The van der Waals surface area contributed by atoms with Gasteiger partial charge < -0.3 is 19.1 Å². The van der Waals surface area contributed by atoms with Gasteiger partial charge in [-0.2, -0.15) is 0 Å². The lowest BCUT2D eigenvalue weighted by atomic mass is 9.95. The Morgan fingerprint density at radius 3 is 2.38 bits per heavy atom. The quantitative estimate of drug-likeness (QED) is 0.415. The third-order valence-corrected chi connectivity index (χ3v) is 5.94. The highest BCUT2D eigenvalue weighted by molar-refractivity contribution is 6.17. The van der Waals surface area contributed by atoms with E-state index < -0.39 is 6.35 Å². The molecule has 1 atom stereocenters. The van der Waals surface area contributed by atoms with Crippen molar-refractivity contribution >= 4 is 11.4 Å². The number of para-hydroxylation sites is 1. The van der Waals surface area contributed by atoms with Gasteiger partial charge in [-0.15, -0.1) is 6.42 Å². The van der Waals surface area contributed by atoms with E-state index in [9.17, 15) is 0 Å². The number of rotatable bonds is 8. The molecule has 3 aromatic carbocycles. The van der Waals surface area contributed by atoms with Crippen molar-refractivity contribution in [3.8, 4) is 23.8 Å². The molecule has 34 heavy (non-hydrogen) atoms. The SMILES string of the molecule is C#CCOC1N=C(c2ccc(C(C)C)cc2)c2ccccc2N1Cc1ccc(OC)c(OC)c1. The number of hydrogen-bond acceptors (Lipinski definition) is 5. The number of terminal acetylenes is 1. The first-order valence-electron chi connectivity index (χ1n) is 11.4. The summed E-state index contributed by atoms with van der Waals surface area (Å²) < 4.78 is 16.9.